The van der Waals surface area contributed by atoms with Crippen molar-refractivity contribution >= 4 is 17.1 Å². The number of thiophene rings is 1. The van der Waals surface area contributed by atoms with Crippen LogP contribution in [0.15, 0.2) is 23.7 Å². The highest BCUT2D eigenvalue weighted by atomic mass is 32.1. The summed E-state index contributed by atoms with van der Waals surface area (Å²) >= 11 is 1.68. The molecule has 0 fully saturated rings. The summed E-state index contributed by atoms with van der Waals surface area (Å²) in [6.07, 6.45) is 2.01. The standard InChI is InChI=1S/C11H10N4S/c1-7-8(2)15-6-9(10-4-3-5-16-10)12-11(15)14-13-7/h3-6H,1-2H3. The first kappa shape index (κ1) is 9.47. The van der Waals surface area contributed by atoms with Crippen LogP contribution < -0.4 is 0 Å². The fourth-order valence-corrected chi connectivity index (χ4v) is 2.28. The Hall–Kier alpha value is -1.75. The van der Waals surface area contributed by atoms with E-state index in [1.54, 1.807) is 11.3 Å². The zero-order valence-electron chi connectivity index (χ0n) is 9.01. The number of imidazole rings is 1. The van der Waals surface area contributed by atoms with E-state index in [4.69, 9.17) is 0 Å². The number of fused-ring (bicyclic) bond motifs is 1. The van der Waals surface area contributed by atoms with Crippen LogP contribution in [0.1, 0.15) is 11.4 Å². The molecule has 0 atom stereocenters. The Morgan fingerprint density at radius 2 is 2.12 bits per heavy atom. The molecule has 3 heterocycles. The van der Waals surface area contributed by atoms with E-state index in [2.05, 4.69) is 21.2 Å². The van der Waals surface area contributed by atoms with Crippen LogP contribution in [0.3, 0.4) is 0 Å². The lowest BCUT2D eigenvalue weighted by molar-refractivity contribution is 0.887. The van der Waals surface area contributed by atoms with E-state index in [9.17, 15) is 0 Å². The van der Waals surface area contributed by atoms with Gasteiger partial charge in [0.05, 0.1) is 10.6 Å². The van der Waals surface area contributed by atoms with Crippen LogP contribution in [-0.2, 0) is 0 Å². The van der Waals surface area contributed by atoms with Gasteiger partial charge in [0.1, 0.15) is 5.69 Å². The van der Waals surface area contributed by atoms with Crippen molar-refractivity contribution in [1.29, 1.82) is 0 Å². The van der Waals surface area contributed by atoms with Crippen molar-refractivity contribution in [2.24, 2.45) is 0 Å². The molecule has 3 aromatic rings. The fourth-order valence-electron chi connectivity index (χ4n) is 1.60. The Morgan fingerprint density at radius 3 is 2.88 bits per heavy atom. The van der Waals surface area contributed by atoms with Crippen LogP contribution in [0.2, 0.25) is 0 Å². The summed E-state index contributed by atoms with van der Waals surface area (Å²) in [6, 6.07) is 4.08. The number of aromatic nitrogens is 4. The Labute approximate surface area is 96.6 Å². The highest BCUT2D eigenvalue weighted by Gasteiger charge is 2.09. The number of hydrogen-bond acceptors (Lipinski definition) is 4. The summed E-state index contributed by atoms with van der Waals surface area (Å²) in [5.41, 5.74) is 2.97. The van der Waals surface area contributed by atoms with Gasteiger partial charge in [0.2, 0.25) is 0 Å². The van der Waals surface area contributed by atoms with Gasteiger partial charge in [-0.25, -0.2) is 4.98 Å². The summed E-state index contributed by atoms with van der Waals surface area (Å²) in [7, 11) is 0. The van der Waals surface area contributed by atoms with Gasteiger partial charge in [0.15, 0.2) is 0 Å². The third kappa shape index (κ3) is 1.32. The first-order chi connectivity index (χ1) is 7.75. The highest BCUT2D eigenvalue weighted by Crippen LogP contribution is 2.23. The van der Waals surface area contributed by atoms with Gasteiger partial charge in [0, 0.05) is 11.9 Å². The molecule has 0 saturated heterocycles. The molecule has 0 bridgehead atoms. The Balaban J connectivity index is 2.28. The summed E-state index contributed by atoms with van der Waals surface area (Å²) in [5.74, 6) is 0.659. The van der Waals surface area contributed by atoms with E-state index in [1.807, 2.05) is 35.9 Å². The van der Waals surface area contributed by atoms with Crippen molar-refractivity contribution in [3.8, 4) is 10.6 Å². The molecule has 0 spiro atoms. The predicted octanol–water partition coefficient (Wildman–Crippen LogP) is 2.47. The molecule has 0 radical (unpaired) electrons. The third-order valence-electron chi connectivity index (χ3n) is 2.64. The van der Waals surface area contributed by atoms with Crippen molar-refractivity contribution in [2.45, 2.75) is 13.8 Å². The molecule has 80 valence electrons. The molecule has 3 rings (SSSR count). The summed E-state index contributed by atoms with van der Waals surface area (Å²) in [6.45, 7) is 3.98. The van der Waals surface area contributed by atoms with Crippen molar-refractivity contribution in [3.63, 3.8) is 0 Å². The lowest BCUT2D eigenvalue weighted by atomic mass is 10.3. The predicted molar refractivity (Wildman–Crippen MR) is 63.6 cm³/mol. The maximum Gasteiger partial charge on any atom is 0.254 e. The Morgan fingerprint density at radius 1 is 1.25 bits per heavy atom. The molecule has 0 aliphatic rings. The molecule has 0 N–H and O–H groups in total. The average molecular weight is 230 g/mol. The minimum Gasteiger partial charge on any atom is -0.285 e. The first-order valence-corrected chi connectivity index (χ1v) is 5.86. The minimum atomic E-state index is 0.659. The molecule has 4 nitrogen and oxygen atoms in total. The van der Waals surface area contributed by atoms with Gasteiger partial charge >= 0.3 is 0 Å². The van der Waals surface area contributed by atoms with Gasteiger partial charge in [-0.1, -0.05) is 6.07 Å². The maximum atomic E-state index is 4.46. The van der Waals surface area contributed by atoms with Crippen molar-refractivity contribution in [1.82, 2.24) is 19.6 Å². The van der Waals surface area contributed by atoms with E-state index in [1.165, 1.54) is 0 Å². The highest BCUT2D eigenvalue weighted by molar-refractivity contribution is 7.13. The molecule has 0 aliphatic heterocycles. The molecule has 0 unspecified atom stereocenters. The SMILES string of the molecule is Cc1nnc2nc(-c3cccs3)cn2c1C. The average Bonchev–Trinajstić information content (AvgIpc) is 2.91. The molecular weight excluding hydrogens is 220 g/mol. The topological polar surface area (TPSA) is 43.1 Å². The van der Waals surface area contributed by atoms with E-state index in [-0.39, 0.29) is 0 Å². The molecule has 16 heavy (non-hydrogen) atoms. The summed E-state index contributed by atoms with van der Waals surface area (Å²) in [5, 5.41) is 10.2. The van der Waals surface area contributed by atoms with Gasteiger partial charge in [-0.15, -0.1) is 16.4 Å². The summed E-state index contributed by atoms with van der Waals surface area (Å²) in [4.78, 5) is 5.61. The van der Waals surface area contributed by atoms with E-state index < -0.39 is 0 Å². The number of nitrogens with zero attached hydrogens (tertiary/aromatic N) is 4. The van der Waals surface area contributed by atoms with E-state index in [0.717, 1.165) is 22.0 Å². The first-order valence-electron chi connectivity index (χ1n) is 4.98. The third-order valence-corrected chi connectivity index (χ3v) is 3.53. The van der Waals surface area contributed by atoms with Crippen LogP contribution in [-0.4, -0.2) is 19.6 Å². The van der Waals surface area contributed by atoms with Gasteiger partial charge in [-0.3, -0.25) is 4.40 Å². The smallest absolute Gasteiger partial charge is 0.254 e. The summed E-state index contributed by atoms with van der Waals surface area (Å²) < 4.78 is 1.98. The van der Waals surface area contributed by atoms with Crippen LogP contribution in [0.5, 0.6) is 0 Å². The molecule has 0 aliphatic carbocycles. The van der Waals surface area contributed by atoms with Gasteiger partial charge in [-0.2, -0.15) is 5.10 Å². The molecule has 3 aromatic heterocycles. The van der Waals surface area contributed by atoms with Crippen LogP contribution in [0, 0.1) is 13.8 Å². The Kier molecular flexibility index (Phi) is 2.00. The zero-order valence-corrected chi connectivity index (χ0v) is 9.82. The van der Waals surface area contributed by atoms with Crippen LogP contribution in [0.25, 0.3) is 16.3 Å². The van der Waals surface area contributed by atoms with Gasteiger partial charge in [-0.05, 0) is 25.3 Å². The van der Waals surface area contributed by atoms with Crippen molar-refractivity contribution in [3.05, 3.63) is 35.1 Å². The second-order valence-corrected chi connectivity index (χ2v) is 4.59. The molecule has 0 amide bonds. The fraction of sp³-hybridized carbons (Fsp3) is 0.182. The lowest BCUT2D eigenvalue weighted by Crippen LogP contribution is -1.99. The second-order valence-electron chi connectivity index (χ2n) is 3.64. The number of rotatable bonds is 1. The quantitative estimate of drug-likeness (QED) is 0.645. The molecular formula is C11H10N4S. The molecule has 5 heteroatoms. The normalized spacial score (nSPS) is 11.1. The van der Waals surface area contributed by atoms with Crippen molar-refractivity contribution < 1.29 is 0 Å². The molecule has 0 aromatic carbocycles. The van der Waals surface area contributed by atoms with Crippen molar-refractivity contribution in [2.75, 3.05) is 0 Å². The lowest BCUT2D eigenvalue weighted by Gasteiger charge is -1.99. The minimum absolute atomic E-state index is 0.659. The maximum absolute atomic E-state index is 4.46. The number of aryl methyl sites for hydroxylation is 2. The molecule has 0 saturated carbocycles. The monoisotopic (exact) mass is 230 g/mol. The van der Waals surface area contributed by atoms with E-state index in [0.29, 0.717) is 5.78 Å². The van der Waals surface area contributed by atoms with Crippen LogP contribution >= 0.6 is 11.3 Å². The van der Waals surface area contributed by atoms with E-state index >= 15 is 0 Å². The largest absolute Gasteiger partial charge is 0.285 e. The number of hydrogen-bond donors (Lipinski definition) is 0. The van der Waals surface area contributed by atoms with Crippen LogP contribution in [0.4, 0.5) is 0 Å². The van der Waals surface area contributed by atoms with Gasteiger partial charge in [0.25, 0.3) is 5.78 Å². The second kappa shape index (κ2) is 3.38. The zero-order chi connectivity index (χ0) is 11.1. The Bertz CT molecular complexity index is 639. The van der Waals surface area contributed by atoms with Gasteiger partial charge < -0.3 is 0 Å².